The number of hydrogen-bond acceptors (Lipinski definition) is 8. The van der Waals surface area contributed by atoms with E-state index < -0.39 is 4.92 Å². The third-order valence-electron chi connectivity index (χ3n) is 2.50. The molecule has 1 heterocycles. The number of pyridine rings is 1. The summed E-state index contributed by atoms with van der Waals surface area (Å²) >= 11 is 1.13. The first-order valence-electron chi connectivity index (χ1n) is 6.15. The van der Waals surface area contributed by atoms with Gasteiger partial charge in [-0.05, 0) is 24.3 Å². The van der Waals surface area contributed by atoms with Gasteiger partial charge in [0.1, 0.15) is 12.1 Å². The van der Waals surface area contributed by atoms with E-state index in [0.29, 0.717) is 10.6 Å². The molecule has 23 heavy (non-hydrogen) atoms. The highest BCUT2D eigenvalue weighted by Gasteiger charge is 2.15. The minimum atomic E-state index is -0.492. The number of anilines is 1. The molecule has 1 N–H and O–H groups in total. The van der Waals surface area contributed by atoms with Gasteiger partial charge in [0.2, 0.25) is 5.71 Å². The Morgan fingerprint density at radius 1 is 1.30 bits per heavy atom. The highest BCUT2D eigenvalue weighted by atomic mass is 32.2. The number of aromatic nitrogens is 1. The molecule has 0 fully saturated rings. The van der Waals surface area contributed by atoms with Gasteiger partial charge >= 0.3 is 5.69 Å². The van der Waals surface area contributed by atoms with Crippen LogP contribution in [0.1, 0.15) is 0 Å². The molecule has 0 aliphatic rings. The molecule has 0 saturated heterocycles. The van der Waals surface area contributed by atoms with Crippen LogP contribution < -0.4 is 5.43 Å². The summed E-state index contributed by atoms with van der Waals surface area (Å²) in [5.41, 5.74) is 2.74. The van der Waals surface area contributed by atoms with Gasteiger partial charge in [-0.15, -0.1) is 0 Å². The van der Waals surface area contributed by atoms with Crippen molar-refractivity contribution in [3.63, 3.8) is 0 Å². The van der Waals surface area contributed by atoms with Gasteiger partial charge in [0, 0.05) is 17.2 Å². The number of hydrogen-bond donors (Lipinski definition) is 1. The van der Waals surface area contributed by atoms with Crippen LogP contribution in [0.5, 0.6) is 0 Å². The lowest BCUT2D eigenvalue weighted by Crippen LogP contribution is -1.96. The molecule has 1 aromatic heterocycles. The van der Waals surface area contributed by atoms with Crippen LogP contribution in [0.2, 0.25) is 0 Å². The average Bonchev–Trinajstić information content (AvgIpc) is 2.56. The molecule has 0 aliphatic carbocycles. The van der Waals surface area contributed by atoms with Crippen molar-refractivity contribution in [1.29, 1.82) is 10.5 Å². The number of nitrogens with one attached hydrogen (secondary N) is 1. The average molecular weight is 324 g/mol. The molecule has 112 valence electrons. The summed E-state index contributed by atoms with van der Waals surface area (Å²) in [7, 11) is 0. The topological polar surface area (TPSA) is 128 Å². The van der Waals surface area contributed by atoms with E-state index in [9.17, 15) is 10.1 Å². The fraction of sp³-hybridized carbons (Fsp3) is 0. The summed E-state index contributed by atoms with van der Waals surface area (Å²) in [4.78, 5) is 15.2. The minimum Gasteiger partial charge on any atom is -0.276 e. The zero-order valence-electron chi connectivity index (χ0n) is 11.5. The molecular formula is C14H8N6O2S. The number of nitrogens with zero attached hydrogens (tertiary/aromatic N) is 5. The lowest BCUT2D eigenvalue weighted by atomic mass is 10.3. The number of nitro groups is 1. The van der Waals surface area contributed by atoms with Crippen molar-refractivity contribution in [2.75, 3.05) is 5.43 Å². The van der Waals surface area contributed by atoms with E-state index in [2.05, 4.69) is 15.5 Å². The standard InChI is InChI=1S/C14H8N6O2S/c15-8-11(9-16)19-18-10-3-1-4-12(7-10)23-14-13(20(21)22)5-2-6-17-14/h1-7,18H. The lowest BCUT2D eigenvalue weighted by molar-refractivity contribution is -0.388. The first-order chi connectivity index (χ1) is 11.1. The number of rotatable bonds is 5. The summed E-state index contributed by atoms with van der Waals surface area (Å²) in [6.45, 7) is 0. The van der Waals surface area contributed by atoms with Gasteiger partial charge in [0.25, 0.3) is 0 Å². The van der Waals surface area contributed by atoms with Gasteiger partial charge < -0.3 is 0 Å². The van der Waals surface area contributed by atoms with Crippen LogP contribution >= 0.6 is 11.8 Å². The van der Waals surface area contributed by atoms with Crippen LogP contribution in [-0.4, -0.2) is 15.6 Å². The Morgan fingerprint density at radius 2 is 2.09 bits per heavy atom. The fourth-order valence-corrected chi connectivity index (χ4v) is 2.45. The van der Waals surface area contributed by atoms with Gasteiger partial charge in [-0.25, -0.2) is 4.98 Å². The predicted octanol–water partition coefficient (Wildman–Crippen LogP) is 2.96. The molecule has 9 heteroatoms. The van der Waals surface area contributed by atoms with E-state index in [1.165, 1.54) is 18.3 Å². The van der Waals surface area contributed by atoms with Crippen LogP contribution in [0, 0.1) is 32.8 Å². The van der Waals surface area contributed by atoms with Crippen LogP contribution in [0.15, 0.2) is 57.6 Å². The zero-order chi connectivity index (χ0) is 16.7. The molecule has 0 saturated carbocycles. The molecule has 0 spiro atoms. The summed E-state index contributed by atoms with van der Waals surface area (Å²) in [5.74, 6) is 0. The van der Waals surface area contributed by atoms with Crippen molar-refractivity contribution in [3.05, 3.63) is 52.7 Å². The monoisotopic (exact) mass is 324 g/mol. The maximum Gasteiger partial charge on any atom is 0.301 e. The third kappa shape index (κ3) is 4.27. The molecule has 0 radical (unpaired) electrons. The summed E-state index contributed by atoms with van der Waals surface area (Å²) in [5, 5.41) is 32.1. The zero-order valence-corrected chi connectivity index (χ0v) is 12.3. The van der Waals surface area contributed by atoms with Gasteiger partial charge in [-0.3, -0.25) is 15.5 Å². The van der Waals surface area contributed by atoms with Gasteiger partial charge in [0.15, 0.2) is 5.03 Å². The maximum absolute atomic E-state index is 11.0. The molecule has 2 aromatic rings. The van der Waals surface area contributed by atoms with E-state index in [0.717, 1.165) is 11.8 Å². The van der Waals surface area contributed by atoms with E-state index in [1.807, 2.05) is 0 Å². The second-order valence-electron chi connectivity index (χ2n) is 4.01. The molecule has 0 bridgehead atoms. The molecular weight excluding hydrogens is 316 g/mol. The van der Waals surface area contributed by atoms with Crippen molar-refractivity contribution in [1.82, 2.24) is 4.98 Å². The quantitative estimate of drug-likeness (QED) is 0.508. The van der Waals surface area contributed by atoms with Crippen molar-refractivity contribution < 1.29 is 4.92 Å². The molecule has 8 nitrogen and oxygen atoms in total. The Balaban J connectivity index is 2.22. The Hall–Kier alpha value is -3.43. The van der Waals surface area contributed by atoms with Crippen LogP contribution in [0.4, 0.5) is 11.4 Å². The Bertz CT molecular complexity index is 837. The number of hydrazone groups is 1. The summed E-state index contributed by atoms with van der Waals surface area (Å²) in [6, 6.07) is 13.0. The highest BCUT2D eigenvalue weighted by Crippen LogP contribution is 2.33. The minimum absolute atomic E-state index is 0.0786. The third-order valence-corrected chi connectivity index (χ3v) is 3.50. The summed E-state index contributed by atoms with van der Waals surface area (Å²) < 4.78 is 0. The van der Waals surface area contributed by atoms with Gasteiger partial charge in [-0.2, -0.15) is 15.6 Å². The fourth-order valence-electron chi connectivity index (χ4n) is 1.54. The van der Waals surface area contributed by atoms with Gasteiger partial charge in [-0.1, -0.05) is 17.8 Å². The van der Waals surface area contributed by atoms with E-state index in [1.54, 1.807) is 36.4 Å². The van der Waals surface area contributed by atoms with Crippen molar-refractivity contribution >= 4 is 28.8 Å². The Kier molecular flexibility index (Phi) is 5.23. The van der Waals surface area contributed by atoms with E-state index in [-0.39, 0.29) is 16.4 Å². The Morgan fingerprint density at radius 3 is 2.78 bits per heavy atom. The van der Waals surface area contributed by atoms with Crippen LogP contribution in [0.25, 0.3) is 0 Å². The van der Waals surface area contributed by atoms with Crippen molar-refractivity contribution in [2.24, 2.45) is 5.10 Å². The predicted molar refractivity (Wildman–Crippen MR) is 83.7 cm³/mol. The molecule has 1 aromatic carbocycles. The van der Waals surface area contributed by atoms with Gasteiger partial charge in [0.05, 0.1) is 10.6 Å². The molecule has 0 unspecified atom stereocenters. The van der Waals surface area contributed by atoms with Crippen LogP contribution in [-0.2, 0) is 0 Å². The number of nitriles is 2. The van der Waals surface area contributed by atoms with Crippen LogP contribution in [0.3, 0.4) is 0 Å². The van der Waals surface area contributed by atoms with E-state index >= 15 is 0 Å². The first-order valence-corrected chi connectivity index (χ1v) is 6.97. The largest absolute Gasteiger partial charge is 0.301 e. The first kappa shape index (κ1) is 15.9. The lowest BCUT2D eigenvalue weighted by Gasteiger charge is -2.04. The second-order valence-corrected chi connectivity index (χ2v) is 5.07. The van der Waals surface area contributed by atoms with Crippen molar-refractivity contribution in [3.8, 4) is 12.1 Å². The normalized spacial score (nSPS) is 9.30. The van der Waals surface area contributed by atoms with E-state index in [4.69, 9.17) is 10.5 Å². The SMILES string of the molecule is N#CC(C#N)=NNc1cccc(Sc2ncccc2[N+](=O)[O-])c1. The summed E-state index contributed by atoms with van der Waals surface area (Å²) in [6.07, 6.45) is 1.48. The smallest absolute Gasteiger partial charge is 0.276 e. The Labute approximate surface area is 135 Å². The molecule has 0 amide bonds. The molecule has 0 aliphatic heterocycles. The second kappa shape index (κ2) is 7.54. The maximum atomic E-state index is 11.0. The van der Waals surface area contributed by atoms with Crippen molar-refractivity contribution in [2.45, 2.75) is 9.92 Å². The number of benzene rings is 1. The molecule has 0 atom stereocenters. The highest BCUT2D eigenvalue weighted by molar-refractivity contribution is 7.99. The molecule has 2 rings (SSSR count).